The van der Waals surface area contributed by atoms with Crippen LogP contribution in [-0.4, -0.2) is 27.6 Å². The van der Waals surface area contributed by atoms with E-state index in [4.69, 9.17) is 40.2 Å². The van der Waals surface area contributed by atoms with Gasteiger partial charge in [-0.1, -0.05) is 89.6 Å². The normalized spacial score (nSPS) is 15.4. The number of nitrogens with zero attached hydrogens (tertiary/aromatic N) is 1. The molecule has 1 aliphatic rings. The Kier molecular flexibility index (Phi) is 8.13. The molecule has 1 N–H and O–H groups in total. The maximum Gasteiger partial charge on any atom is 0.266 e. The molecule has 35 heavy (non-hydrogen) atoms. The van der Waals surface area contributed by atoms with E-state index < -0.39 is 0 Å². The van der Waals surface area contributed by atoms with Gasteiger partial charge in [0.2, 0.25) is 0 Å². The predicted molar refractivity (Wildman–Crippen MR) is 147 cm³/mol. The van der Waals surface area contributed by atoms with Crippen LogP contribution in [0.25, 0.3) is 6.08 Å². The third-order valence-corrected chi connectivity index (χ3v) is 6.95. The Hall–Kier alpha value is -2.84. The van der Waals surface area contributed by atoms with Crippen molar-refractivity contribution in [1.82, 2.24) is 4.90 Å². The Morgan fingerprint density at radius 2 is 1.74 bits per heavy atom. The standard InChI is InChI=1S/C26H20Cl2N2O3S2/c1-16(18-5-3-2-4-6-18)30-25(32)23(35-26(30)34)11-17-7-9-22(10-8-17)33-15-24(31)29-21-13-19(27)12-20(28)14-21/h2-14,16H,15H2,1H3,(H,29,31)/b23-11-/t16-/m0/s1. The number of carbonyl (C=O) groups excluding carboxylic acids is 2. The highest BCUT2D eigenvalue weighted by molar-refractivity contribution is 8.26. The summed E-state index contributed by atoms with van der Waals surface area (Å²) in [7, 11) is 0. The van der Waals surface area contributed by atoms with Gasteiger partial charge >= 0.3 is 0 Å². The number of nitrogens with one attached hydrogen (secondary N) is 1. The van der Waals surface area contributed by atoms with E-state index in [1.165, 1.54) is 11.8 Å². The maximum atomic E-state index is 13.0. The first-order valence-electron chi connectivity index (χ1n) is 10.6. The van der Waals surface area contributed by atoms with Crippen molar-refractivity contribution in [3.05, 3.63) is 98.9 Å². The fraction of sp³-hybridized carbons (Fsp3) is 0.115. The summed E-state index contributed by atoms with van der Waals surface area (Å²) in [5, 5.41) is 3.54. The van der Waals surface area contributed by atoms with E-state index in [0.717, 1.165) is 11.1 Å². The highest BCUT2D eigenvalue weighted by Crippen LogP contribution is 2.38. The van der Waals surface area contributed by atoms with Gasteiger partial charge in [0.1, 0.15) is 10.1 Å². The Bertz CT molecular complexity index is 1280. The van der Waals surface area contributed by atoms with Crippen molar-refractivity contribution >= 4 is 75.1 Å². The molecule has 1 saturated heterocycles. The minimum absolute atomic E-state index is 0.116. The van der Waals surface area contributed by atoms with E-state index >= 15 is 0 Å². The van der Waals surface area contributed by atoms with Crippen molar-refractivity contribution in [3.8, 4) is 5.75 Å². The number of rotatable bonds is 7. The van der Waals surface area contributed by atoms with E-state index in [0.29, 0.717) is 30.7 Å². The molecule has 1 fully saturated rings. The molecule has 0 bridgehead atoms. The van der Waals surface area contributed by atoms with Crippen LogP contribution in [0, 0.1) is 0 Å². The molecular weight excluding hydrogens is 523 g/mol. The summed E-state index contributed by atoms with van der Waals surface area (Å²) in [6, 6.07) is 21.5. The zero-order chi connectivity index (χ0) is 24.9. The zero-order valence-corrected chi connectivity index (χ0v) is 21.7. The zero-order valence-electron chi connectivity index (χ0n) is 18.5. The van der Waals surface area contributed by atoms with E-state index in [1.54, 1.807) is 41.3 Å². The lowest BCUT2D eigenvalue weighted by Gasteiger charge is -2.23. The molecular formula is C26H20Cl2N2O3S2. The Morgan fingerprint density at radius 1 is 1.09 bits per heavy atom. The van der Waals surface area contributed by atoms with Gasteiger partial charge in [-0.3, -0.25) is 14.5 Å². The topological polar surface area (TPSA) is 58.6 Å². The molecule has 0 aromatic heterocycles. The van der Waals surface area contributed by atoms with Crippen molar-refractivity contribution in [3.63, 3.8) is 0 Å². The van der Waals surface area contributed by atoms with Crippen molar-refractivity contribution in [2.75, 3.05) is 11.9 Å². The summed E-state index contributed by atoms with van der Waals surface area (Å²) >= 11 is 18.7. The minimum Gasteiger partial charge on any atom is -0.484 e. The fourth-order valence-electron chi connectivity index (χ4n) is 3.48. The summed E-state index contributed by atoms with van der Waals surface area (Å²) in [4.78, 5) is 27.4. The summed E-state index contributed by atoms with van der Waals surface area (Å²) < 4.78 is 6.09. The van der Waals surface area contributed by atoms with Crippen LogP contribution in [0.5, 0.6) is 5.75 Å². The van der Waals surface area contributed by atoms with Crippen LogP contribution in [0.3, 0.4) is 0 Å². The first-order valence-corrected chi connectivity index (χ1v) is 12.6. The molecule has 1 aliphatic heterocycles. The molecule has 0 radical (unpaired) electrons. The number of amides is 2. The molecule has 0 spiro atoms. The van der Waals surface area contributed by atoms with Crippen LogP contribution < -0.4 is 10.1 Å². The monoisotopic (exact) mass is 542 g/mol. The van der Waals surface area contributed by atoms with E-state index in [2.05, 4.69) is 5.32 Å². The third kappa shape index (κ3) is 6.44. The molecule has 0 aliphatic carbocycles. The van der Waals surface area contributed by atoms with Gasteiger partial charge in [-0.15, -0.1) is 0 Å². The number of ether oxygens (including phenoxy) is 1. The molecule has 3 aromatic rings. The first-order chi connectivity index (χ1) is 16.8. The van der Waals surface area contributed by atoms with Gasteiger partial charge in [-0.25, -0.2) is 0 Å². The molecule has 1 atom stereocenters. The maximum absolute atomic E-state index is 13.0. The lowest BCUT2D eigenvalue weighted by Crippen LogP contribution is -2.30. The van der Waals surface area contributed by atoms with Crippen molar-refractivity contribution < 1.29 is 14.3 Å². The van der Waals surface area contributed by atoms with E-state index in [9.17, 15) is 9.59 Å². The summed E-state index contributed by atoms with van der Waals surface area (Å²) in [6.07, 6.45) is 1.80. The number of hydrogen-bond acceptors (Lipinski definition) is 5. The third-order valence-electron chi connectivity index (χ3n) is 5.19. The SMILES string of the molecule is C[C@@H](c1ccccc1)N1C(=O)/C(=C/c2ccc(OCC(=O)Nc3cc(Cl)cc(Cl)c3)cc2)SC1=S. The Balaban J connectivity index is 1.36. The van der Waals surface area contributed by atoms with Gasteiger partial charge < -0.3 is 10.1 Å². The van der Waals surface area contributed by atoms with Crippen LogP contribution in [0.1, 0.15) is 24.1 Å². The van der Waals surface area contributed by atoms with Gasteiger partial charge in [0.15, 0.2) is 6.61 Å². The second-order valence-corrected chi connectivity index (χ2v) is 10.3. The number of carbonyl (C=O) groups is 2. The molecule has 4 rings (SSSR count). The average molecular weight is 543 g/mol. The summed E-state index contributed by atoms with van der Waals surface area (Å²) in [6.45, 7) is 1.78. The van der Waals surface area contributed by atoms with Gasteiger partial charge in [0.25, 0.3) is 11.8 Å². The number of anilines is 1. The Labute approximate surface area is 223 Å². The summed E-state index contributed by atoms with van der Waals surface area (Å²) in [5.74, 6) is 0.0600. The van der Waals surface area contributed by atoms with Crippen LogP contribution >= 0.6 is 47.2 Å². The Morgan fingerprint density at radius 3 is 2.40 bits per heavy atom. The molecule has 0 saturated carbocycles. The first kappa shape index (κ1) is 25.3. The number of thiocarbonyl (C=S) groups is 1. The molecule has 0 unspecified atom stereocenters. The van der Waals surface area contributed by atoms with E-state index in [1.807, 2.05) is 49.4 Å². The van der Waals surface area contributed by atoms with Gasteiger partial charge in [0, 0.05) is 15.7 Å². The summed E-state index contributed by atoms with van der Waals surface area (Å²) in [5.41, 5.74) is 2.34. The second kappa shape index (κ2) is 11.3. The quantitative estimate of drug-likeness (QED) is 0.258. The van der Waals surface area contributed by atoms with Crippen LogP contribution in [0.15, 0.2) is 77.7 Å². The smallest absolute Gasteiger partial charge is 0.266 e. The minimum atomic E-state index is -0.344. The van der Waals surface area contributed by atoms with Crippen LogP contribution in [0.4, 0.5) is 5.69 Å². The van der Waals surface area contributed by atoms with Crippen LogP contribution in [0.2, 0.25) is 10.0 Å². The second-order valence-electron chi connectivity index (χ2n) is 7.70. The fourth-order valence-corrected chi connectivity index (χ4v) is 5.42. The lowest BCUT2D eigenvalue weighted by atomic mass is 10.1. The molecule has 3 aromatic carbocycles. The van der Waals surface area contributed by atoms with E-state index in [-0.39, 0.29) is 24.5 Å². The predicted octanol–water partition coefficient (Wildman–Crippen LogP) is 6.97. The number of thioether (sulfide) groups is 1. The average Bonchev–Trinajstić information content (AvgIpc) is 3.10. The molecule has 5 nitrogen and oxygen atoms in total. The molecule has 2 amide bonds. The van der Waals surface area contributed by atoms with Crippen molar-refractivity contribution in [2.45, 2.75) is 13.0 Å². The van der Waals surface area contributed by atoms with Gasteiger partial charge in [-0.05, 0) is 54.5 Å². The molecule has 1 heterocycles. The lowest BCUT2D eigenvalue weighted by molar-refractivity contribution is -0.123. The highest BCUT2D eigenvalue weighted by Gasteiger charge is 2.35. The highest BCUT2D eigenvalue weighted by atomic mass is 35.5. The van der Waals surface area contributed by atoms with Crippen molar-refractivity contribution in [2.24, 2.45) is 0 Å². The van der Waals surface area contributed by atoms with Gasteiger partial charge in [0.05, 0.1) is 10.9 Å². The molecule has 178 valence electrons. The number of hydrogen-bond donors (Lipinski definition) is 1. The number of halogens is 2. The number of benzene rings is 3. The molecule has 9 heteroatoms. The van der Waals surface area contributed by atoms with Crippen molar-refractivity contribution in [1.29, 1.82) is 0 Å². The van der Waals surface area contributed by atoms with Gasteiger partial charge in [-0.2, -0.15) is 0 Å². The van der Waals surface area contributed by atoms with Crippen LogP contribution in [-0.2, 0) is 9.59 Å². The largest absolute Gasteiger partial charge is 0.484 e.